The van der Waals surface area contributed by atoms with Gasteiger partial charge in [0.15, 0.2) is 0 Å². The average Bonchev–Trinajstić information content (AvgIpc) is 1.94. The van der Waals surface area contributed by atoms with E-state index in [0.29, 0.717) is 0 Å². The van der Waals surface area contributed by atoms with E-state index in [2.05, 4.69) is 0 Å². The number of rotatable bonds is 0. The van der Waals surface area contributed by atoms with Crippen molar-refractivity contribution in [3.05, 3.63) is 0 Å². The smallest absolute Gasteiger partial charge is 0.672 e. The van der Waals surface area contributed by atoms with Gasteiger partial charge in [-0.1, -0.05) is 0 Å². The zero-order valence-corrected chi connectivity index (χ0v) is 19.1. The third-order valence-corrected chi connectivity index (χ3v) is 0. The van der Waals surface area contributed by atoms with Crippen LogP contribution in [0.1, 0.15) is 0 Å². The predicted molar refractivity (Wildman–Crippen MR) is 38.0 cm³/mol. The minimum absolute atomic E-state index is 0. The molecular formula is AlCrO15Si5Ti. The van der Waals surface area contributed by atoms with E-state index in [0.717, 1.165) is 0 Å². The number of hydrogen-bond donors (Lipinski definition) is 0. The first kappa shape index (κ1) is 49.5. The Morgan fingerprint density at radius 3 is 0.391 bits per heavy atom. The summed E-state index contributed by atoms with van der Waals surface area (Å²) in [5, 5.41) is 0. The van der Waals surface area contributed by atoms with E-state index in [9.17, 15) is 0 Å². The van der Waals surface area contributed by atoms with Crippen LogP contribution in [0, 0.1) is 0 Å². The van der Waals surface area contributed by atoms with Gasteiger partial charge in [-0.05, 0) is 0 Å². The zero-order valence-electron chi connectivity index (χ0n) is 10.1. The minimum atomic E-state index is -3.63. The molecule has 0 bridgehead atoms. The van der Waals surface area contributed by atoms with Crippen LogP contribution in [0.3, 0.4) is 0 Å². The minimum Gasteiger partial charge on any atom is -0.672 e. The van der Waals surface area contributed by atoms with E-state index < -0.39 is 45.9 Å². The van der Waals surface area contributed by atoms with E-state index in [-0.39, 0.29) is 56.4 Å². The Morgan fingerprint density at radius 1 is 0.391 bits per heavy atom. The van der Waals surface area contributed by atoms with Gasteiger partial charge < -0.3 is 70.3 Å². The summed E-state index contributed by atoms with van der Waals surface area (Å²) in [7, 11) is -18.1. The van der Waals surface area contributed by atoms with Crippen LogP contribution in [0.2, 0.25) is 0 Å². The molecule has 0 saturated heterocycles. The fourth-order valence-electron chi connectivity index (χ4n) is 0. The molecule has 0 aromatic rings. The summed E-state index contributed by atoms with van der Waals surface area (Å²) in [4.78, 5) is 85.2. The standard InChI is InChI=1S/Al.Cr.5O3Si.Ti/c;;5*1-4(2)3;/q2*+3;5*-2;+4. The molecule has 23 heavy (non-hydrogen) atoms. The van der Waals surface area contributed by atoms with Crippen molar-refractivity contribution < 1.29 is 109 Å². The normalized spacial score (nSPS) is 5.22. The van der Waals surface area contributed by atoms with Crippen molar-refractivity contribution in [1.29, 1.82) is 0 Å². The molecule has 0 amide bonds. The summed E-state index contributed by atoms with van der Waals surface area (Å²) in [5.41, 5.74) is 0. The maximum absolute atomic E-state index is 8.52. The third-order valence-electron chi connectivity index (χ3n) is 0. The average molecular weight is 507 g/mol. The summed E-state index contributed by atoms with van der Waals surface area (Å²) in [6, 6.07) is 0. The van der Waals surface area contributed by atoms with Crippen LogP contribution in [0.5, 0.6) is 0 Å². The molecule has 0 aromatic carbocycles. The molecule has 0 spiro atoms. The molecule has 0 aliphatic carbocycles. The third kappa shape index (κ3) is 464000. The van der Waals surface area contributed by atoms with Crippen molar-refractivity contribution in [2.45, 2.75) is 0 Å². The maximum atomic E-state index is 8.52. The molecule has 15 nitrogen and oxygen atoms in total. The van der Waals surface area contributed by atoms with Gasteiger partial charge in [-0.15, -0.1) is 0 Å². The van der Waals surface area contributed by atoms with Crippen LogP contribution < -0.4 is 48.0 Å². The summed E-state index contributed by atoms with van der Waals surface area (Å²) in [6.07, 6.45) is 0. The first-order valence-corrected chi connectivity index (χ1v) is 9.19. The molecule has 0 saturated carbocycles. The topological polar surface area (TPSA) is 316 Å². The van der Waals surface area contributed by atoms with Crippen molar-refractivity contribution in [3.63, 3.8) is 0 Å². The zero-order chi connectivity index (χ0) is 17.9. The first-order valence-electron chi connectivity index (χ1n) is 3.06. The monoisotopic (exact) mass is 507 g/mol. The predicted octanol–water partition coefficient (Wildman–Crippen LogP) is -14.8. The largest absolute Gasteiger partial charge is 4.00 e. The Hall–Kier alpha value is -0.136. The fourth-order valence-corrected chi connectivity index (χ4v) is 0. The quantitative estimate of drug-likeness (QED) is 0.275. The summed E-state index contributed by atoms with van der Waals surface area (Å²) < 4.78 is 42.6. The van der Waals surface area contributed by atoms with Gasteiger partial charge in [-0.25, -0.2) is 0 Å². The van der Waals surface area contributed by atoms with Gasteiger partial charge in [0.05, 0.1) is 0 Å². The Morgan fingerprint density at radius 2 is 0.391 bits per heavy atom. The van der Waals surface area contributed by atoms with Crippen molar-refractivity contribution in [2.24, 2.45) is 0 Å². The molecule has 0 aromatic heterocycles. The molecule has 1 radical (unpaired) electrons. The van der Waals surface area contributed by atoms with Crippen LogP contribution in [-0.4, -0.2) is 63.2 Å². The van der Waals surface area contributed by atoms with Gasteiger partial charge in [-0.2, -0.15) is 0 Å². The Kier molecular flexibility index (Phi) is 92.7. The molecule has 23 heteroatoms. The van der Waals surface area contributed by atoms with Crippen LogP contribution in [0.25, 0.3) is 0 Å². The van der Waals surface area contributed by atoms with E-state index >= 15 is 0 Å². The van der Waals surface area contributed by atoms with Crippen LogP contribution in [0.15, 0.2) is 0 Å². The Bertz CT molecular complexity index is 219. The van der Waals surface area contributed by atoms with E-state index in [1.54, 1.807) is 0 Å². The van der Waals surface area contributed by atoms with Crippen LogP contribution in [-0.2, 0) is 61.4 Å². The van der Waals surface area contributed by atoms with Gasteiger partial charge >= 0.3 is 56.4 Å². The second kappa shape index (κ2) is 43.1. The van der Waals surface area contributed by atoms with Gasteiger partial charge in [0.25, 0.3) is 0 Å². The van der Waals surface area contributed by atoms with E-state index in [1.165, 1.54) is 0 Å². The SMILES string of the molecule is O=[Si]([O-])[O-].O=[Si]([O-])[O-].O=[Si]([O-])[O-].O=[Si]([O-])[O-].O=[Si]([O-])[O-].[Al+3].[Cr+3].[Ti+4]. The van der Waals surface area contributed by atoms with Crippen LogP contribution in [0.4, 0.5) is 0 Å². The second-order valence-electron chi connectivity index (χ2n) is 1.25. The summed E-state index contributed by atoms with van der Waals surface area (Å²) >= 11 is 0. The Labute approximate surface area is 171 Å². The molecule has 0 heterocycles. The van der Waals surface area contributed by atoms with Crippen molar-refractivity contribution in [3.8, 4) is 0 Å². The fraction of sp³-hybridized carbons (Fsp3) is 0. The van der Waals surface area contributed by atoms with Crippen LogP contribution >= 0.6 is 0 Å². The van der Waals surface area contributed by atoms with Crippen molar-refractivity contribution in [1.82, 2.24) is 0 Å². The van der Waals surface area contributed by atoms with E-state index in [4.69, 9.17) is 70.3 Å². The second-order valence-corrected chi connectivity index (χ2v) is 3.75. The summed E-state index contributed by atoms with van der Waals surface area (Å²) in [6.45, 7) is 0. The Balaban J connectivity index is -0.0000000197. The molecule has 0 aliphatic rings. The van der Waals surface area contributed by atoms with Gasteiger partial charge in [0.2, 0.25) is 0 Å². The van der Waals surface area contributed by atoms with Crippen molar-refractivity contribution >= 4 is 63.2 Å². The summed E-state index contributed by atoms with van der Waals surface area (Å²) in [5.74, 6) is 0. The van der Waals surface area contributed by atoms with E-state index in [1.807, 2.05) is 0 Å². The maximum Gasteiger partial charge on any atom is 4.00 e. The first-order chi connectivity index (χ1) is 8.66. The van der Waals surface area contributed by atoms with Gasteiger partial charge in [0, 0.05) is 45.9 Å². The van der Waals surface area contributed by atoms with Gasteiger partial charge in [-0.3, -0.25) is 0 Å². The molecule has 0 atom stereocenters. The van der Waals surface area contributed by atoms with Gasteiger partial charge in [0.1, 0.15) is 0 Å². The molecular weight excluding hydrogens is 507 g/mol. The molecule has 0 fully saturated rings. The molecule has 0 rings (SSSR count). The molecule has 0 unspecified atom stereocenters. The molecule has 0 N–H and O–H groups in total. The molecule has 0 aliphatic heterocycles. The molecule has 123 valence electrons. The number of hydrogen-bond acceptors (Lipinski definition) is 15. The van der Waals surface area contributed by atoms with Crippen molar-refractivity contribution in [2.75, 3.05) is 0 Å².